The molecule has 0 aromatic heterocycles. The Morgan fingerprint density at radius 1 is 1.17 bits per heavy atom. The van der Waals surface area contributed by atoms with Gasteiger partial charge < -0.3 is 2.85 Å². The third-order valence-corrected chi connectivity index (χ3v) is 0. The van der Waals surface area contributed by atoms with Crippen LogP contribution in [-0.2, 0) is 25.8 Å². The average molecular weight is 578 g/mol. The van der Waals surface area contributed by atoms with E-state index in [1.54, 1.807) is 0 Å². The van der Waals surface area contributed by atoms with Crippen molar-refractivity contribution < 1.29 is 114 Å². The van der Waals surface area contributed by atoms with Gasteiger partial charge in [0.25, 0.3) is 0 Å². The topological polar surface area (TPSA) is 0 Å². The summed E-state index contributed by atoms with van der Waals surface area (Å²) < 4.78 is 0. The summed E-state index contributed by atoms with van der Waals surface area (Å²) in [6.45, 7) is 0. The molecule has 0 aliphatic carbocycles. The van der Waals surface area contributed by atoms with Crippen molar-refractivity contribution in [2.75, 3.05) is 0 Å². The van der Waals surface area contributed by atoms with E-state index in [9.17, 15) is 0 Å². The van der Waals surface area contributed by atoms with Crippen LogP contribution in [0, 0.1) is 36.9 Å². The smallest absolute Gasteiger partial charge is 1.00 e. The van der Waals surface area contributed by atoms with E-state index in [-0.39, 0.29) is 165 Å². The van der Waals surface area contributed by atoms with Crippen molar-refractivity contribution in [3.63, 3.8) is 0 Å². The Hall–Kier alpha value is 5.35. The van der Waals surface area contributed by atoms with E-state index in [2.05, 4.69) is 0 Å². The van der Waals surface area contributed by atoms with Gasteiger partial charge in [0.05, 0.1) is 0 Å². The summed E-state index contributed by atoms with van der Waals surface area (Å²) in [6, 6.07) is 0. The van der Waals surface area contributed by atoms with E-state index >= 15 is 0 Å². The number of rotatable bonds is 0. The second kappa shape index (κ2) is 31.6. The van der Waals surface area contributed by atoms with Crippen LogP contribution >= 0.6 is 24.0 Å². The molecule has 0 N–H and O–H groups in total. The largest absolute Gasteiger partial charge is 1.00 e. The van der Waals surface area contributed by atoms with Crippen LogP contribution in [0.25, 0.3) is 0 Å². The van der Waals surface area contributed by atoms with Crippen molar-refractivity contribution in [2.24, 2.45) is 0 Å². The number of halogens is 1. The van der Waals surface area contributed by atoms with Crippen LogP contribution in [0.2, 0.25) is 0 Å². The van der Waals surface area contributed by atoms with E-state index in [0.717, 1.165) is 0 Å². The molecule has 0 saturated heterocycles. The molecule has 0 fully saturated rings. The summed E-state index contributed by atoms with van der Waals surface area (Å²) in [5.74, 6) is 0. The molecule has 0 amide bonds. The third kappa shape index (κ3) is 22.8. The van der Waals surface area contributed by atoms with Gasteiger partial charge in [0.1, 0.15) is 0 Å². The number of hydrogen-bond acceptors (Lipinski definition) is 0. The van der Waals surface area contributed by atoms with Gasteiger partial charge in [0.2, 0.25) is 0 Å². The Kier molecular flexibility index (Phi) is 224. The fraction of sp³-hybridized carbons (Fsp3) is 0. The molecule has 6 heavy (non-hydrogen) atoms. The van der Waals surface area contributed by atoms with E-state index in [4.69, 9.17) is 0 Å². The zero-order chi connectivity index (χ0) is 0. The Labute approximate surface area is 161 Å². The van der Waals surface area contributed by atoms with Crippen LogP contribution in [-0.4, -0.2) is 27.3 Å². The van der Waals surface area contributed by atoms with Crippen LogP contribution in [0.15, 0.2) is 0 Å². The van der Waals surface area contributed by atoms with Crippen LogP contribution in [0.4, 0.5) is 0 Å². The molecular weight excluding hydrogens is 575 g/mol. The molecule has 0 atom stereocenters. The SMILES string of the molecule is I.[H-].[H-].[Li+].[Na+].[Sc].[Tl].[Tm]. The molecule has 0 nitrogen and oxygen atoms in total. The predicted octanol–water partition coefficient (Wildman–Crippen LogP) is -5.53. The maximum Gasteiger partial charge on any atom is 1.00 e. The predicted molar refractivity (Wildman–Crippen MR) is 23.4 cm³/mol. The van der Waals surface area contributed by atoms with Crippen molar-refractivity contribution >= 4 is 51.3 Å². The Bertz CT molecular complexity index is 22.0. The van der Waals surface area contributed by atoms with Crippen LogP contribution in [0.5, 0.6) is 0 Å². The van der Waals surface area contributed by atoms with Crippen LogP contribution in [0.3, 0.4) is 0 Å². The van der Waals surface area contributed by atoms with Crippen molar-refractivity contribution in [1.82, 2.24) is 0 Å². The minimum absolute atomic E-state index is 0. The summed E-state index contributed by atoms with van der Waals surface area (Å²) in [5, 5.41) is 0. The molecular formula is H3ILiNaScTlTm. The first-order chi connectivity index (χ1) is 0. The normalized spacial score (nSPS) is 0. The first-order valence-corrected chi connectivity index (χ1v) is 0. The van der Waals surface area contributed by atoms with Gasteiger partial charge in [-0.05, 0) is 0 Å². The van der Waals surface area contributed by atoms with Gasteiger partial charge in [0.15, 0.2) is 0 Å². The summed E-state index contributed by atoms with van der Waals surface area (Å²) in [6.07, 6.45) is 0. The van der Waals surface area contributed by atoms with Gasteiger partial charge in [-0.2, -0.15) is 0 Å². The average Bonchev–Trinajstić information content (AvgIpc) is 0. The molecule has 0 unspecified atom stereocenters. The van der Waals surface area contributed by atoms with Gasteiger partial charge in [-0.25, -0.2) is 0 Å². The van der Waals surface area contributed by atoms with Gasteiger partial charge in [0, 0.05) is 90.0 Å². The van der Waals surface area contributed by atoms with E-state index in [1.165, 1.54) is 0 Å². The summed E-state index contributed by atoms with van der Waals surface area (Å²) in [4.78, 5) is 0. The fourth-order valence-corrected chi connectivity index (χ4v) is 0. The Morgan fingerprint density at radius 2 is 1.17 bits per heavy atom. The molecule has 0 aromatic rings. The van der Waals surface area contributed by atoms with Gasteiger partial charge in [-0.15, -0.1) is 24.0 Å². The first-order valence-electron chi connectivity index (χ1n) is 0. The monoisotopic (exact) mass is 579 g/mol. The first kappa shape index (κ1) is 42.5. The molecule has 0 aromatic carbocycles. The van der Waals surface area contributed by atoms with Crippen molar-refractivity contribution in [2.45, 2.75) is 0 Å². The Morgan fingerprint density at radius 3 is 1.17 bits per heavy atom. The van der Waals surface area contributed by atoms with Gasteiger partial charge in [-0.1, -0.05) is 0 Å². The summed E-state index contributed by atoms with van der Waals surface area (Å²) in [7, 11) is 0. The zero-order valence-electron chi connectivity index (χ0n) is 5.84. The second-order valence-corrected chi connectivity index (χ2v) is 0. The minimum Gasteiger partial charge on any atom is -1.00 e. The quantitative estimate of drug-likeness (QED) is 0.199. The van der Waals surface area contributed by atoms with E-state index in [1.807, 2.05) is 0 Å². The van der Waals surface area contributed by atoms with Gasteiger partial charge in [-0.3, -0.25) is 0 Å². The standard InChI is InChI=1S/HI.Li.Na.Sc.Tl.Tm.2H/h1H;;;;;;;/q;2*+1;;;;2*-1. The number of hydrogen-bond donors (Lipinski definition) is 0. The molecule has 6 heteroatoms. The molecule has 0 spiro atoms. The minimum atomic E-state index is 0. The second-order valence-electron chi connectivity index (χ2n) is 0. The molecule has 0 aliphatic rings. The van der Waals surface area contributed by atoms with E-state index < -0.39 is 0 Å². The molecule has 0 saturated carbocycles. The van der Waals surface area contributed by atoms with Crippen molar-refractivity contribution in [3.05, 3.63) is 0 Å². The molecule has 0 heterocycles. The summed E-state index contributed by atoms with van der Waals surface area (Å²) >= 11 is 0. The third-order valence-electron chi connectivity index (χ3n) is 0. The molecule has 0 rings (SSSR count). The molecule has 0 bridgehead atoms. The Balaban J connectivity index is 0. The van der Waals surface area contributed by atoms with Crippen molar-refractivity contribution in [1.29, 1.82) is 0 Å². The summed E-state index contributed by atoms with van der Waals surface area (Å²) in [5.41, 5.74) is 0. The van der Waals surface area contributed by atoms with E-state index in [0.29, 0.717) is 0 Å². The van der Waals surface area contributed by atoms with Gasteiger partial charge >= 0.3 is 48.4 Å². The zero-order valence-corrected chi connectivity index (χ0v) is 16.2. The van der Waals surface area contributed by atoms with Crippen molar-refractivity contribution in [3.8, 4) is 0 Å². The maximum absolute atomic E-state index is 0. The maximum atomic E-state index is 0. The molecule has 3 radical (unpaired) electrons. The van der Waals surface area contributed by atoms with Crippen LogP contribution < -0.4 is 48.4 Å². The molecule has 0 aliphatic heterocycles. The fourth-order valence-electron chi connectivity index (χ4n) is 0. The van der Waals surface area contributed by atoms with Crippen LogP contribution in [0.1, 0.15) is 2.85 Å². The molecule has 31 valence electrons.